The molecule has 0 saturated carbocycles. The Labute approximate surface area is 94.9 Å². The Bertz CT molecular complexity index is 442. The molecule has 1 unspecified atom stereocenters. The number of methoxy groups -OCH3 is 1. The van der Waals surface area contributed by atoms with Gasteiger partial charge in [0, 0.05) is 5.56 Å². The van der Waals surface area contributed by atoms with Gasteiger partial charge in [0.1, 0.15) is 27.6 Å². The molecule has 1 N–H and O–H groups in total. The number of ether oxygens (including phenoxy) is 2. The molecule has 5 heteroatoms. The lowest BCUT2D eigenvalue weighted by atomic mass is 10.0. The zero-order valence-electron chi connectivity index (χ0n) is 8.20. The van der Waals surface area contributed by atoms with Gasteiger partial charge in [-0.05, 0) is 28.9 Å². The summed E-state index contributed by atoms with van der Waals surface area (Å²) < 4.78 is 10.4. The molecular formula is C10H9BrO4. The number of carbonyl (C=O) groups excluding carboxylic acids is 1. The van der Waals surface area contributed by atoms with Crippen LogP contribution in [0.4, 0.5) is 0 Å². The van der Waals surface area contributed by atoms with Crippen LogP contribution in [-0.4, -0.2) is 18.2 Å². The van der Waals surface area contributed by atoms with Gasteiger partial charge < -0.3 is 14.6 Å². The van der Waals surface area contributed by atoms with Gasteiger partial charge in [-0.1, -0.05) is 0 Å². The van der Waals surface area contributed by atoms with E-state index in [1.54, 1.807) is 13.0 Å². The second-order valence-electron chi connectivity index (χ2n) is 3.25. The zero-order chi connectivity index (χ0) is 11.2. The van der Waals surface area contributed by atoms with Crippen LogP contribution < -0.4 is 4.74 Å². The fraction of sp³-hybridized carbons (Fsp3) is 0.300. The maximum absolute atomic E-state index is 11.4. The fourth-order valence-corrected chi connectivity index (χ4v) is 2.08. The summed E-state index contributed by atoms with van der Waals surface area (Å²) in [7, 11) is 1.49. The maximum atomic E-state index is 11.4. The number of fused-ring (bicyclic) bond motifs is 1. The largest absolute Gasteiger partial charge is 0.506 e. The van der Waals surface area contributed by atoms with Crippen molar-refractivity contribution >= 4 is 21.9 Å². The smallest absolute Gasteiger partial charge is 0.342 e. The quantitative estimate of drug-likeness (QED) is 0.798. The van der Waals surface area contributed by atoms with Gasteiger partial charge in [-0.25, -0.2) is 4.79 Å². The van der Waals surface area contributed by atoms with Crippen LogP contribution >= 0.6 is 15.9 Å². The van der Waals surface area contributed by atoms with Crippen LogP contribution in [0.5, 0.6) is 11.5 Å². The molecule has 0 saturated heterocycles. The molecule has 15 heavy (non-hydrogen) atoms. The van der Waals surface area contributed by atoms with Crippen molar-refractivity contribution in [1.29, 1.82) is 0 Å². The van der Waals surface area contributed by atoms with E-state index < -0.39 is 5.97 Å². The molecule has 1 heterocycles. The number of halogens is 1. The van der Waals surface area contributed by atoms with E-state index in [-0.39, 0.29) is 17.4 Å². The number of hydrogen-bond acceptors (Lipinski definition) is 4. The number of rotatable bonds is 1. The zero-order valence-corrected chi connectivity index (χ0v) is 9.79. The van der Waals surface area contributed by atoms with Crippen molar-refractivity contribution in [3.8, 4) is 11.5 Å². The molecule has 1 aliphatic heterocycles. The van der Waals surface area contributed by atoms with E-state index in [1.165, 1.54) is 7.11 Å². The van der Waals surface area contributed by atoms with Crippen molar-refractivity contribution in [2.24, 2.45) is 0 Å². The Morgan fingerprint density at radius 2 is 2.27 bits per heavy atom. The number of aromatic hydroxyl groups is 1. The molecule has 4 nitrogen and oxygen atoms in total. The first-order valence-electron chi connectivity index (χ1n) is 4.36. The Morgan fingerprint density at radius 3 is 2.87 bits per heavy atom. The highest BCUT2D eigenvalue weighted by atomic mass is 79.9. The lowest BCUT2D eigenvalue weighted by Gasteiger charge is -2.08. The summed E-state index contributed by atoms with van der Waals surface area (Å²) in [6, 6.07) is 1.69. The van der Waals surface area contributed by atoms with Gasteiger partial charge in [0.2, 0.25) is 0 Å². The van der Waals surface area contributed by atoms with Crippen LogP contribution in [-0.2, 0) is 4.74 Å². The average molecular weight is 273 g/mol. The first-order chi connectivity index (χ1) is 7.06. The summed E-state index contributed by atoms with van der Waals surface area (Å²) in [5, 5.41) is 9.79. The summed E-state index contributed by atoms with van der Waals surface area (Å²) in [6.07, 6.45) is -0.347. The number of esters is 1. The van der Waals surface area contributed by atoms with Crippen molar-refractivity contribution in [2.45, 2.75) is 13.0 Å². The third-order valence-corrected chi connectivity index (χ3v) is 3.15. The minimum Gasteiger partial charge on any atom is -0.506 e. The maximum Gasteiger partial charge on any atom is 0.342 e. The summed E-state index contributed by atoms with van der Waals surface area (Å²) >= 11 is 3.16. The Morgan fingerprint density at radius 1 is 1.60 bits per heavy atom. The van der Waals surface area contributed by atoms with E-state index in [1.807, 2.05) is 0 Å². The van der Waals surface area contributed by atoms with Gasteiger partial charge in [0.15, 0.2) is 0 Å². The van der Waals surface area contributed by atoms with E-state index in [4.69, 9.17) is 9.47 Å². The molecule has 0 fully saturated rings. The molecule has 0 radical (unpaired) electrons. The number of phenolic OH excluding ortho intramolecular Hbond substituents is 1. The van der Waals surface area contributed by atoms with Crippen LogP contribution in [0.1, 0.15) is 28.9 Å². The molecule has 80 valence electrons. The lowest BCUT2D eigenvalue weighted by molar-refractivity contribution is 0.0420. The van der Waals surface area contributed by atoms with Crippen LogP contribution in [0.2, 0.25) is 0 Å². The van der Waals surface area contributed by atoms with E-state index in [0.717, 1.165) is 0 Å². The van der Waals surface area contributed by atoms with Gasteiger partial charge in [0.25, 0.3) is 0 Å². The highest BCUT2D eigenvalue weighted by Gasteiger charge is 2.33. The van der Waals surface area contributed by atoms with Gasteiger partial charge in [-0.15, -0.1) is 0 Å². The predicted molar refractivity (Wildman–Crippen MR) is 56.2 cm³/mol. The third-order valence-electron chi connectivity index (χ3n) is 2.38. The molecule has 2 rings (SSSR count). The highest BCUT2D eigenvalue weighted by Crippen LogP contribution is 2.44. The van der Waals surface area contributed by atoms with Crippen molar-refractivity contribution in [1.82, 2.24) is 0 Å². The van der Waals surface area contributed by atoms with Crippen LogP contribution in [0.15, 0.2) is 10.5 Å². The molecule has 1 atom stereocenters. The summed E-state index contributed by atoms with van der Waals surface area (Å²) in [6.45, 7) is 1.75. The summed E-state index contributed by atoms with van der Waals surface area (Å²) in [4.78, 5) is 11.4. The standard InChI is InChI=1S/C10H9BrO4/c1-4-5-3-6(14-2)8(11)9(12)7(5)10(13)15-4/h3-4,12H,1-2H3. The van der Waals surface area contributed by atoms with Crippen molar-refractivity contribution in [3.63, 3.8) is 0 Å². The molecule has 0 aromatic heterocycles. The van der Waals surface area contributed by atoms with E-state index in [9.17, 15) is 9.90 Å². The van der Waals surface area contributed by atoms with Crippen molar-refractivity contribution in [2.75, 3.05) is 7.11 Å². The van der Waals surface area contributed by atoms with Crippen LogP contribution in [0, 0.1) is 0 Å². The number of hydrogen-bond donors (Lipinski definition) is 1. The Balaban J connectivity index is 2.71. The second kappa shape index (κ2) is 3.41. The van der Waals surface area contributed by atoms with Crippen molar-refractivity contribution < 1.29 is 19.4 Å². The molecule has 1 aliphatic rings. The topological polar surface area (TPSA) is 55.8 Å². The van der Waals surface area contributed by atoms with Crippen LogP contribution in [0.25, 0.3) is 0 Å². The fourth-order valence-electron chi connectivity index (χ4n) is 1.61. The van der Waals surface area contributed by atoms with Gasteiger partial charge >= 0.3 is 5.97 Å². The minimum absolute atomic E-state index is 0.126. The number of phenols is 1. The van der Waals surface area contributed by atoms with Crippen LogP contribution in [0.3, 0.4) is 0 Å². The third kappa shape index (κ3) is 1.38. The number of benzene rings is 1. The normalized spacial score (nSPS) is 18.6. The lowest BCUT2D eigenvalue weighted by Crippen LogP contribution is -1.96. The molecule has 1 aromatic rings. The van der Waals surface area contributed by atoms with Gasteiger partial charge in [0.05, 0.1) is 7.11 Å². The first-order valence-corrected chi connectivity index (χ1v) is 5.16. The Kier molecular flexibility index (Phi) is 2.34. The van der Waals surface area contributed by atoms with Crippen molar-refractivity contribution in [3.05, 3.63) is 21.7 Å². The molecular weight excluding hydrogens is 264 g/mol. The second-order valence-corrected chi connectivity index (χ2v) is 4.05. The first kappa shape index (κ1) is 10.3. The average Bonchev–Trinajstić information content (AvgIpc) is 2.47. The van der Waals surface area contributed by atoms with E-state index >= 15 is 0 Å². The molecule has 0 bridgehead atoms. The summed E-state index contributed by atoms with van der Waals surface area (Å²) in [5.74, 6) is -0.145. The van der Waals surface area contributed by atoms with Gasteiger partial charge in [-0.3, -0.25) is 0 Å². The number of cyclic esters (lactones) is 1. The minimum atomic E-state index is -0.502. The van der Waals surface area contributed by atoms with E-state index in [2.05, 4.69) is 15.9 Å². The monoisotopic (exact) mass is 272 g/mol. The molecule has 0 amide bonds. The molecule has 0 spiro atoms. The SMILES string of the molecule is COc1cc2c(c(O)c1Br)C(=O)OC2C. The predicted octanol–water partition coefficient (Wildman–Crippen LogP) is 2.39. The van der Waals surface area contributed by atoms with Gasteiger partial charge in [-0.2, -0.15) is 0 Å². The Hall–Kier alpha value is -1.23. The number of carbonyl (C=O) groups is 1. The highest BCUT2D eigenvalue weighted by molar-refractivity contribution is 9.10. The molecule has 1 aromatic carbocycles. The van der Waals surface area contributed by atoms with E-state index in [0.29, 0.717) is 15.8 Å². The molecule has 0 aliphatic carbocycles. The summed E-state index contributed by atoms with van der Waals surface area (Å²) in [5.41, 5.74) is 0.868.